The van der Waals surface area contributed by atoms with Crippen LogP contribution in [0, 0.1) is 0 Å². The number of thiocarbonyl (C=S) groups is 1. The number of carbonyl (C=O) groups is 1. The zero-order valence-electron chi connectivity index (χ0n) is 15.3. The fourth-order valence-corrected chi connectivity index (χ4v) is 3.79. The Morgan fingerprint density at radius 3 is 2.76 bits per heavy atom. The zero-order chi connectivity index (χ0) is 21.0. The Labute approximate surface area is 186 Å². The lowest BCUT2D eigenvalue weighted by atomic mass is 10.2. The minimum absolute atomic E-state index is 0.256. The number of halogens is 2. The number of rotatable bonds is 5. The molecule has 0 amide bonds. The van der Waals surface area contributed by atoms with Crippen LogP contribution in [0.25, 0.3) is 11.3 Å². The van der Waals surface area contributed by atoms with E-state index in [1.807, 2.05) is 0 Å². The fraction of sp³-hybridized carbons (Fsp3) is 0.105. The van der Waals surface area contributed by atoms with Gasteiger partial charge in [0.05, 0.1) is 17.8 Å². The third-order valence-electron chi connectivity index (χ3n) is 3.77. The van der Waals surface area contributed by atoms with E-state index in [1.165, 1.54) is 18.4 Å². The number of ether oxygens (including phenoxy) is 1. The third-order valence-corrected chi connectivity index (χ3v) is 5.40. The highest BCUT2D eigenvalue weighted by atomic mass is 35.5. The molecule has 0 saturated carbocycles. The van der Waals surface area contributed by atoms with Crippen molar-refractivity contribution in [3.63, 3.8) is 0 Å². The zero-order valence-corrected chi connectivity index (χ0v) is 18.4. The number of thiophene rings is 1. The Kier molecular flexibility index (Phi) is 6.92. The van der Waals surface area contributed by atoms with E-state index in [0.29, 0.717) is 43.4 Å². The first-order valence-electron chi connectivity index (χ1n) is 8.21. The SMILES string of the molecule is COC(=O)c1sccc1-c1ccc(/C(C)=N\NC(=S)Nc2ccc(Cl)cc2Cl)o1. The number of hydrogen-bond donors (Lipinski definition) is 2. The molecular weight excluding hydrogens is 453 g/mol. The highest BCUT2D eigenvalue weighted by Gasteiger charge is 2.18. The molecule has 0 fully saturated rings. The second kappa shape index (κ2) is 9.41. The number of hydrazone groups is 1. The first-order chi connectivity index (χ1) is 13.9. The molecule has 150 valence electrons. The van der Waals surface area contributed by atoms with Gasteiger partial charge in [0.15, 0.2) is 10.9 Å². The van der Waals surface area contributed by atoms with Gasteiger partial charge in [-0.1, -0.05) is 23.2 Å². The standard InChI is InChI=1S/C19H15Cl2N3O3S2/c1-10(23-24-19(28)22-14-4-3-11(20)9-13(14)21)15-5-6-16(27-15)12-7-8-29-17(12)18(25)26-2/h3-9H,1-2H3,(H2,22,24,28)/b23-10-. The van der Waals surface area contributed by atoms with Crippen molar-refractivity contribution in [1.82, 2.24) is 5.43 Å². The summed E-state index contributed by atoms with van der Waals surface area (Å²) in [6, 6.07) is 10.4. The second-order valence-electron chi connectivity index (χ2n) is 5.71. The van der Waals surface area contributed by atoms with E-state index < -0.39 is 5.97 Å². The van der Waals surface area contributed by atoms with E-state index >= 15 is 0 Å². The molecule has 2 N–H and O–H groups in total. The minimum atomic E-state index is -0.405. The van der Waals surface area contributed by atoms with Crippen LogP contribution in [-0.2, 0) is 4.74 Å². The van der Waals surface area contributed by atoms with Crippen LogP contribution in [-0.4, -0.2) is 23.9 Å². The molecule has 6 nitrogen and oxygen atoms in total. The Bertz CT molecular complexity index is 1090. The number of nitrogens with one attached hydrogen (secondary N) is 2. The Hall–Kier alpha value is -2.39. The third kappa shape index (κ3) is 5.16. The van der Waals surface area contributed by atoms with E-state index in [9.17, 15) is 4.79 Å². The van der Waals surface area contributed by atoms with Gasteiger partial charge in [0.25, 0.3) is 0 Å². The number of furan rings is 1. The summed E-state index contributed by atoms with van der Waals surface area (Å²) in [7, 11) is 1.34. The van der Waals surface area contributed by atoms with Crippen LogP contribution in [0.1, 0.15) is 22.4 Å². The maximum absolute atomic E-state index is 11.9. The predicted molar refractivity (Wildman–Crippen MR) is 121 cm³/mol. The summed E-state index contributed by atoms with van der Waals surface area (Å²) in [6.07, 6.45) is 0. The molecule has 2 heterocycles. The lowest BCUT2D eigenvalue weighted by Crippen LogP contribution is -2.25. The molecule has 29 heavy (non-hydrogen) atoms. The van der Waals surface area contributed by atoms with Crippen LogP contribution in [0.2, 0.25) is 10.0 Å². The molecule has 1 aromatic carbocycles. The molecule has 0 atom stereocenters. The van der Waals surface area contributed by atoms with Crippen molar-refractivity contribution >= 4 is 69.2 Å². The number of nitrogens with zero attached hydrogens (tertiary/aromatic N) is 1. The summed E-state index contributed by atoms with van der Waals surface area (Å²) in [5, 5.41) is 10.2. The van der Waals surface area contributed by atoms with Crippen molar-refractivity contribution in [3.05, 3.63) is 62.5 Å². The maximum atomic E-state index is 11.9. The molecule has 0 saturated heterocycles. The molecule has 0 spiro atoms. The van der Waals surface area contributed by atoms with E-state index in [4.69, 9.17) is 44.6 Å². The van der Waals surface area contributed by atoms with Crippen LogP contribution in [0.4, 0.5) is 5.69 Å². The molecule has 0 aliphatic carbocycles. The number of methoxy groups -OCH3 is 1. The van der Waals surface area contributed by atoms with E-state index in [-0.39, 0.29) is 5.11 Å². The molecule has 3 aromatic rings. The smallest absolute Gasteiger partial charge is 0.348 e. The van der Waals surface area contributed by atoms with Crippen LogP contribution in [0.5, 0.6) is 0 Å². The average Bonchev–Trinajstić information content (AvgIpc) is 3.37. The van der Waals surface area contributed by atoms with Crippen LogP contribution < -0.4 is 10.7 Å². The average molecular weight is 468 g/mol. The lowest BCUT2D eigenvalue weighted by Gasteiger charge is -2.09. The van der Waals surface area contributed by atoms with Gasteiger partial charge in [-0.05, 0) is 60.9 Å². The van der Waals surface area contributed by atoms with Crippen molar-refractivity contribution < 1.29 is 13.9 Å². The van der Waals surface area contributed by atoms with Gasteiger partial charge in [-0.3, -0.25) is 5.43 Å². The Balaban J connectivity index is 1.69. The highest BCUT2D eigenvalue weighted by Crippen LogP contribution is 2.30. The van der Waals surface area contributed by atoms with Gasteiger partial charge in [0, 0.05) is 10.6 Å². The quantitative estimate of drug-likeness (QED) is 0.213. The number of anilines is 1. The van der Waals surface area contributed by atoms with E-state index in [0.717, 1.165) is 0 Å². The Morgan fingerprint density at radius 2 is 2.03 bits per heavy atom. The second-order valence-corrected chi connectivity index (χ2v) is 7.87. The monoisotopic (exact) mass is 467 g/mol. The van der Waals surface area contributed by atoms with Gasteiger partial charge in [-0.2, -0.15) is 5.10 Å². The molecule has 3 rings (SSSR count). The number of benzene rings is 1. The van der Waals surface area contributed by atoms with Gasteiger partial charge in [-0.15, -0.1) is 11.3 Å². The molecule has 0 unspecified atom stereocenters. The molecular formula is C19H15Cl2N3O3S2. The number of carbonyl (C=O) groups excluding carboxylic acids is 1. The number of esters is 1. The Morgan fingerprint density at radius 1 is 1.24 bits per heavy atom. The van der Waals surface area contributed by atoms with Crippen molar-refractivity contribution in [2.75, 3.05) is 12.4 Å². The summed E-state index contributed by atoms with van der Waals surface area (Å²) < 4.78 is 10.6. The molecule has 0 bridgehead atoms. The molecule has 2 aromatic heterocycles. The normalized spacial score (nSPS) is 11.2. The summed E-state index contributed by atoms with van der Waals surface area (Å²) >= 11 is 18.5. The van der Waals surface area contributed by atoms with Crippen molar-refractivity contribution in [1.29, 1.82) is 0 Å². The van der Waals surface area contributed by atoms with Crippen LogP contribution >= 0.6 is 46.8 Å². The lowest BCUT2D eigenvalue weighted by molar-refractivity contribution is 0.0607. The van der Waals surface area contributed by atoms with E-state index in [1.54, 1.807) is 48.7 Å². The van der Waals surface area contributed by atoms with Crippen LogP contribution in [0.3, 0.4) is 0 Å². The largest absolute Gasteiger partial charge is 0.465 e. The maximum Gasteiger partial charge on any atom is 0.348 e. The van der Waals surface area contributed by atoms with Gasteiger partial charge in [-0.25, -0.2) is 4.79 Å². The molecule has 0 aliphatic heterocycles. The molecule has 0 radical (unpaired) electrons. The number of hydrogen-bond acceptors (Lipinski definition) is 6. The van der Waals surface area contributed by atoms with Gasteiger partial charge >= 0.3 is 5.97 Å². The van der Waals surface area contributed by atoms with Crippen molar-refractivity contribution in [3.8, 4) is 11.3 Å². The fourth-order valence-electron chi connectivity index (χ4n) is 2.36. The highest BCUT2D eigenvalue weighted by molar-refractivity contribution is 7.80. The molecule has 0 aliphatic rings. The van der Waals surface area contributed by atoms with Gasteiger partial charge in [0.2, 0.25) is 0 Å². The van der Waals surface area contributed by atoms with Gasteiger partial charge in [0.1, 0.15) is 16.3 Å². The van der Waals surface area contributed by atoms with Crippen LogP contribution in [0.15, 0.2) is 51.3 Å². The summed E-state index contributed by atoms with van der Waals surface area (Å²) in [4.78, 5) is 12.3. The summed E-state index contributed by atoms with van der Waals surface area (Å²) in [5.41, 5.74) is 4.58. The van der Waals surface area contributed by atoms with E-state index in [2.05, 4.69) is 15.8 Å². The predicted octanol–water partition coefficient (Wildman–Crippen LogP) is 5.81. The molecule has 10 heteroatoms. The van der Waals surface area contributed by atoms with Gasteiger partial charge < -0.3 is 14.5 Å². The minimum Gasteiger partial charge on any atom is -0.465 e. The van der Waals surface area contributed by atoms with Crippen molar-refractivity contribution in [2.45, 2.75) is 6.92 Å². The van der Waals surface area contributed by atoms with Crippen molar-refractivity contribution in [2.24, 2.45) is 5.10 Å². The topological polar surface area (TPSA) is 75.9 Å². The first kappa shape index (κ1) is 21.3. The summed E-state index contributed by atoms with van der Waals surface area (Å²) in [5.74, 6) is 0.670. The summed E-state index contributed by atoms with van der Waals surface area (Å²) in [6.45, 7) is 1.77. The first-order valence-corrected chi connectivity index (χ1v) is 10.3.